The van der Waals surface area contributed by atoms with Crippen molar-refractivity contribution in [2.45, 2.75) is 6.92 Å². The number of aromatic amines is 1. The predicted octanol–water partition coefficient (Wildman–Crippen LogP) is 2.39. The average Bonchev–Trinajstić information content (AvgIpc) is 3.20. The van der Waals surface area contributed by atoms with Gasteiger partial charge < -0.3 is 19.6 Å². The molecule has 0 amide bonds. The first-order valence-electron chi connectivity index (χ1n) is 10.5. The topological polar surface area (TPSA) is 67.4 Å². The van der Waals surface area contributed by atoms with Crippen LogP contribution in [0.4, 0.5) is 17.3 Å². The van der Waals surface area contributed by atoms with E-state index in [1.54, 1.807) is 6.33 Å². The molecule has 2 aliphatic heterocycles. The van der Waals surface area contributed by atoms with Crippen LogP contribution in [-0.4, -0.2) is 84.5 Å². The van der Waals surface area contributed by atoms with Gasteiger partial charge in [-0.2, -0.15) is 5.10 Å². The first kappa shape index (κ1) is 19.4. The lowest BCUT2D eigenvalue weighted by Crippen LogP contribution is -2.47. The Hall–Kier alpha value is -2.58. The van der Waals surface area contributed by atoms with E-state index in [1.165, 1.54) is 11.3 Å². The molecular weight excluding hydrogens is 400 g/mol. The van der Waals surface area contributed by atoms with Crippen molar-refractivity contribution in [3.8, 4) is 0 Å². The molecule has 2 aliphatic rings. The van der Waals surface area contributed by atoms with Gasteiger partial charge in [0.05, 0.1) is 0 Å². The molecule has 3 aromatic rings. The van der Waals surface area contributed by atoms with Crippen LogP contribution >= 0.6 is 11.6 Å². The van der Waals surface area contributed by atoms with Gasteiger partial charge in [-0.3, -0.25) is 5.10 Å². The van der Waals surface area contributed by atoms with E-state index in [9.17, 15) is 0 Å². The molecule has 0 saturated carbocycles. The number of hydrogen-bond donors (Lipinski definition) is 1. The van der Waals surface area contributed by atoms with Crippen LogP contribution in [0, 0.1) is 6.92 Å². The summed E-state index contributed by atoms with van der Waals surface area (Å²) in [7, 11) is 2.16. The maximum Gasteiger partial charge on any atom is 0.163 e. The van der Waals surface area contributed by atoms with Crippen molar-refractivity contribution < 1.29 is 0 Å². The normalized spacial score (nSPS) is 18.4. The molecule has 2 aromatic heterocycles. The number of piperazine rings is 2. The Kier molecular flexibility index (Phi) is 5.12. The number of H-pyrrole nitrogens is 1. The van der Waals surface area contributed by atoms with E-state index in [2.05, 4.69) is 65.9 Å². The number of aromatic nitrogens is 4. The molecule has 158 valence electrons. The number of aryl methyl sites for hydroxylation is 1. The van der Waals surface area contributed by atoms with Crippen LogP contribution in [0.2, 0.25) is 5.02 Å². The molecule has 8 nitrogen and oxygen atoms in total. The molecule has 4 heterocycles. The zero-order chi connectivity index (χ0) is 20.7. The lowest BCUT2D eigenvalue weighted by atomic mass is 10.1. The molecule has 0 unspecified atom stereocenters. The molecule has 2 saturated heterocycles. The molecule has 1 N–H and O–H groups in total. The lowest BCUT2D eigenvalue weighted by molar-refractivity contribution is 0.312. The summed E-state index contributed by atoms with van der Waals surface area (Å²) in [6.45, 7) is 9.78. The van der Waals surface area contributed by atoms with Gasteiger partial charge in [0.2, 0.25) is 0 Å². The van der Waals surface area contributed by atoms with Gasteiger partial charge in [0.25, 0.3) is 0 Å². The summed E-state index contributed by atoms with van der Waals surface area (Å²) in [5.41, 5.74) is 3.28. The number of halogens is 1. The summed E-state index contributed by atoms with van der Waals surface area (Å²) in [4.78, 5) is 18.6. The fourth-order valence-corrected chi connectivity index (χ4v) is 4.56. The summed E-state index contributed by atoms with van der Waals surface area (Å²) in [6, 6.07) is 6.11. The lowest BCUT2D eigenvalue weighted by Gasteiger charge is -2.38. The minimum atomic E-state index is 0.783. The highest BCUT2D eigenvalue weighted by Crippen LogP contribution is 2.32. The minimum absolute atomic E-state index is 0.783. The summed E-state index contributed by atoms with van der Waals surface area (Å²) in [5.74, 6) is 1.95. The number of nitrogens with one attached hydrogen (secondary N) is 1. The van der Waals surface area contributed by atoms with E-state index in [4.69, 9.17) is 11.6 Å². The zero-order valence-electron chi connectivity index (χ0n) is 17.5. The standard InChI is InChI=1S/C21H27ClN8/c1-15-3-4-16(22)13-17(15)28-9-11-29(12-10-28)20-18-19(23-14-24-20)25-26-21(18)30-7-5-27(2)6-8-30/h3-4,13-14H,5-12H2,1-2H3,(H,23,24,25,26). The van der Waals surface area contributed by atoms with Gasteiger partial charge in [-0.25, -0.2) is 9.97 Å². The number of hydrogen-bond acceptors (Lipinski definition) is 7. The summed E-state index contributed by atoms with van der Waals surface area (Å²) in [5, 5.41) is 9.55. The Morgan fingerprint density at radius 1 is 0.867 bits per heavy atom. The Bertz CT molecular complexity index is 1030. The third kappa shape index (κ3) is 3.54. The molecule has 0 spiro atoms. The van der Waals surface area contributed by atoms with Gasteiger partial charge in [-0.1, -0.05) is 17.7 Å². The minimum Gasteiger partial charge on any atom is -0.368 e. The Morgan fingerprint density at radius 2 is 1.53 bits per heavy atom. The molecule has 0 atom stereocenters. The molecule has 2 fully saturated rings. The molecule has 0 bridgehead atoms. The number of rotatable bonds is 3. The smallest absolute Gasteiger partial charge is 0.163 e. The van der Waals surface area contributed by atoms with E-state index < -0.39 is 0 Å². The van der Waals surface area contributed by atoms with Gasteiger partial charge in [0.15, 0.2) is 11.5 Å². The monoisotopic (exact) mass is 426 g/mol. The van der Waals surface area contributed by atoms with E-state index >= 15 is 0 Å². The fraction of sp³-hybridized carbons (Fsp3) is 0.476. The zero-order valence-corrected chi connectivity index (χ0v) is 18.2. The first-order chi connectivity index (χ1) is 14.6. The number of nitrogens with zero attached hydrogens (tertiary/aromatic N) is 7. The van der Waals surface area contributed by atoms with Crippen LogP contribution in [-0.2, 0) is 0 Å². The van der Waals surface area contributed by atoms with Crippen molar-refractivity contribution in [3.63, 3.8) is 0 Å². The van der Waals surface area contributed by atoms with Gasteiger partial charge in [-0.15, -0.1) is 0 Å². The van der Waals surface area contributed by atoms with Crippen LogP contribution in [0.1, 0.15) is 5.56 Å². The van der Waals surface area contributed by atoms with Gasteiger partial charge >= 0.3 is 0 Å². The van der Waals surface area contributed by atoms with Crippen LogP contribution in [0.5, 0.6) is 0 Å². The molecular formula is C21H27ClN8. The molecule has 1 aromatic carbocycles. The fourth-order valence-electron chi connectivity index (χ4n) is 4.40. The number of anilines is 3. The molecule has 5 rings (SSSR count). The molecule has 0 aliphatic carbocycles. The number of benzene rings is 1. The van der Waals surface area contributed by atoms with Crippen molar-refractivity contribution in [2.24, 2.45) is 0 Å². The van der Waals surface area contributed by atoms with Crippen LogP contribution in [0.3, 0.4) is 0 Å². The van der Waals surface area contributed by atoms with Crippen molar-refractivity contribution >= 4 is 40.0 Å². The van der Waals surface area contributed by atoms with Crippen molar-refractivity contribution in [1.29, 1.82) is 0 Å². The molecule has 9 heteroatoms. The van der Waals surface area contributed by atoms with Gasteiger partial charge in [0, 0.05) is 63.1 Å². The van der Waals surface area contributed by atoms with Crippen molar-refractivity contribution in [3.05, 3.63) is 35.1 Å². The van der Waals surface area contributed by atoms with Crippen LogP contribution < -0.4 is 14.7 Å². The van der Waals surface area contributed by atoms with Crippen LogP contribution in [0.15, 0.2) is 24.5 Å². The first-order valence-corrected chi connectivity index (χ1v) is 10.9. The van der Waals surface area contributed by atoms with Crippen molar-refractivity contribution in [2.75, 3.05) is 74.1 Å². The van der Waals surface area contributed by atoms with E-state index in [1.807, 2.05) is 6.07 Å². The maximum absolute atomic E-state index is 6.24. The molecule has 30 heavy (non-hydrogen) atoms. The quantitative estimate of drug-likeness (QED) is 0.689. The maximum atomic E-state index is 6.24. The number of fused-ring (bicyclic) bond motifs is 1. The Morgan fingerprint density at radius 3 is 2.30 bits per heavy atom. The van der Waals surface area contributed by atoms with Gasteiger partial charge in [0.1, 0.15) is 17.5 Å². The van der Waals surface area contributed by atoms with E-state index in [0.29, 0.717) is 0 Å². The summed E-state index contributed by atoms with van der Waals surface area (Å²) < 4.78 is 0. The number of likely N-dealkylation sites (N-methyl/N-ethyl adjacent to an activating group) is 1. The van der Waals surface area contributed by atoms with Crippen LogP contribution in [0.25, 0.3) is 11.0 Å². The van der Waals surface area contributed by atoms with Gasteiger partial charge in [-0.05, 0) is 31.7 Å². The second kappa shape index (κ2) is 7.92. The highest BCUT2D eigenvalue weighted by Gasteiger charge is 2.26. The third-order valence-electron chi connectivity index (χ3n) is 6.21. The molecule has 0 radical (unpaired) electrons. The second-order valence-corrected chi connectivity index (χ2v) is 8.60. The average molecular weight is 427 g/mol. The Labute approximate surface area is 181 Å². The third-order valence-corrected chi connectivity index (χ3v) is 6.45. The largest absolute Gasteiger partial charge is 0.368 e. The SMILES string of the molecule is Cc1ccc(Cl)cc1N1CCN(c2ncnc3[nH]nc(N4CCN(C)CC4)c23)CC1. The summed E-state index contributed by atoms with van der Waals surface area (Å²) >= 11 is 6.24. The second-order valence-electron chi connectivity index (χ2n) is 8.16. The Balaban J connectivity index is 1.39. The van der Waals surface area contributed by atoms with Crippen molar-refractivity contribution in [1.82, 2.24) is 25.1 Å². The van der Waals surface area contributed by atoms with E-state index in [-0.39, 0.29) is 0 Å². The summed E-state index contributed by atoms with van der Waals surface area (Å²) in [6.07, 6.45) is 1.64. The van der Waals surface area contributed by atoms with E-state index in [0.717, 1.165) is 80.0 Å². The highest BCUT2D eigenvalue weighted by molar-refractivity contribution is 6.30. The highest BCUT2D eigenvalue weighted by atomic mass is 35.5. The predicted molar refractivity (Wildman–Crippen MR) is 122 cm³/mol.